The molecule has 4 rings (SSSR count). The van der Waals surface area contributed by atoms with Crippen molar-refractivity contribution in [1.82, 2.24) is 4.31 Å². The smallest absolute Gasteiger partial charge is 0.128 e. The first kappa shape index (κ1) is 19.0. The molecular weight excluding hydrogens is 369 g/mol. The van der Waals surface area contributed by atoms with E-state index >= 15 is 0 Å². The zero-order valence-corrected chi connectivity index (χ0v) is 16.8. The van der Waals surface area contributed by atoms with Gasteiger partial charge in [0.2, 0.25) is 0 Å². The van der Waals surface area contributed by atoms with Crippen LogP contribution in [0.1, 0.15) is 30.0 Å². The van der Waals surface area contributed by atoms with Crippen LogP contribution in [0.25, 0.3) is 4.91 Å². The molecule has 0 radical (unpaired) electrons. The summed E-state index contributed by atoms with van der Waals surface area (Å²) in [4.78, 5) is 1.18. The predicted octanol–water partition coefficient (Wildman–Crippen LogP) is 6.12. The summed E-state index contributed by atoms with van der Waals surface area (Å²) in [6.07, 6.45) is 8.09. The normalized spacial score (nSPS) is 17.1. The molecule has 144 valence electrons. The summed E-state index contributed by atoms with van der Waals surface area (Å²) >= 11 is 1.67. The highest BCUT2D eigenvalue weighted by Crippen LogP contribution is 2.38. The molecule has 0 saturated heterocycles. The average molecular weight is 394 g/mol. The van der Waals surface area contributed by atoms with E-state index in [9.17, 15) is 4.39 Å². The van der Waals surface area contributed by atoms with Gasteiger partial charge in [0.05, 0.1) is 19.8 Å². The molecular formula is C24H24FNOS. The zero-order chi connectivity index (χ0) is 19.3. The summed E-state index contributed by atoms with van der Waals surface area (Å²) in [5, 5.41) is 0. The van der Waals surface area contributed by atoms with Gasteiger partial charge < -0.3 is 9.04 Å². The minimum Gasteiger partial charge on any atom is -0.377 e. The van der Waals surface area contributed by atoms with Crippen molar-refractivity contribution >= 4 is 16.9 Å². The number of nitrogens with zero attached hydrogens (tertiary/aromatic N) is 1. The van der Waals surface area contributed by atoms with Gasteiger partial charge in [-0.3, -0.25) is 0 Å². The van der Waals surface area contributed by atoms with Crippen molar-refractivity contribution < 1.29 is 9.13 Å². The molecule has 0 aromatic heterocycles. The zero-order valence-electron chi connectivity index (χ0n) is 16.0. The quantitative estimate of drug-likeness (QED) is 0.448. The molecule has 4 heteroatoms. The molecule has 0 spiro atoms. The Labute approximate surface area is 170 Å². The molecule has 28 heavy (non-hydrogen) atoms. The Morgan fingerprint density at radius 2 is 1.96 bits per heavy atom. The standard InChI is InChI=1S/C24H24FNOS/c1-18-7-10-24(21-5-3-2-4-6-21)28-26(18)17-22-9-8-20(16-23(22)25)15-19-11-13-27-14-12-19/h2-11,16H,12-15,17H2,1H3. The van der Waals surface area contributed by atoms with Crippen LogP contribution in [0.5, 0.6) is 0 Å². The van der Waals surface area contributed by atoms with Crippen LogP contribution in [-0.2, 0) is 17.7 Å². The molecule has 0 N–H and O–H groups in total. The maximum Gasteiger partial charge on any atom is 0.128 e. The van der Waals surface area contributed by atoms with Crippen LogP contribution in [0.4, 0.5) is 4.39 Å². The lowest BCUT2D eigenvalue weighted by atomic mass is 10.00. The molecule has 2 aliphatic rings. The van der Waals surface area contributed by atoms with Gasteiger partial charge in [-0.05, 0) is 61.1 Å². The summed E-state index contributed by atoms with van der Waals surface area (Å²) in [6.45, 7) is 4.04. The third kappa shape index (κ3) is 4.57. The average Bonchev–Trinajstić information content (AvgIpc) is 2.73. The second-order valence-electron chi connectivity index (χ2n) is 7.12. The van der Waals surface area contributed by atoms with Gasteiger partial charge in [-0.25, -0.2) is 4.39 Å². The van der Waals surface area contributed by atoms with Gasteiger partial charge in [-0.2, -0.15) is 0 Å². The van der Waals surface area contributed by atoms with E-state index < -0.39 is 0 Å². The fourth-order valence-corrected chi connectivity index (χ4v) is 4.40. The second kappa shape index (κ2) is 8.80. The van der Waals surface area contributed by atoms with E-state index in [0.717, 1.165) is 36.3 Å². The molecule has 2 nitrogen and oxygen atoms in total. The van der Waals surface area contributed by atoms with Gasteiger partial charge in [0.1, 0.15) is 5.82 Å². The Bertz CT molecular complexity index is 933. The highest BCUT2D eigenvalue weighted by molar-refractivity contribution is 8.06. The monoisotopic (exact) mass is 393 g/mol. The van der Waals surface area contributed by atoms with Crippen LogP contribution >= 0.6 is 11.9 Å². The molecule has 0 bridgehead atoms. The molecule has 2 aromatic carbocycles. The van der Waals surface area contributed by atoms with Crippen molar-refractivity contribution in [2.45, 2.75) is 26.3 Å². The Hall–Kier alpha value is -2.30. The minimum atomic E-state index is -0.130. The van der Waals surface area contributed by atoms with E-state index in [1.54, 1.807) is 18.0 Å². The molecule has 0 fully saturated rings. The summed E-state index contributed by atoms with van der Waals surface area (Å²) in [7, 11) is 0. The summed E-state index contributed by atoms with van der Waals surface area (Å²) in [5.74, 6) is -0.130. The van der Waals surface area contributed by atoms with Gasteiger partial charge in [0.15, 0.2) is 0 Å². The predicted molar refractivity (Wildman–Crippen MR) is 115 cm³/mol. The van der Waals surface area contributed by atoms with Crippen molar-refractivity contribution in [1.29, 1.82) is 0 Å². The van der Waals surface area contributed by atoms with Crippen LogP contribution < -0.4 is 0 Å². The van der Waals surface area contributed by atoms with Crippen LogP contribution in [-0.4, -0.2) is 17.5 Å². The summed E-state index contributed by atoms with van der Waals surface area (Å²) < 4.78 is 22.3. The summed E-state index contributed by atoms with van der Waals surface area (Å²) in [6, 6.07) is 16.0. The molecule has 0 amide bonds. The maximum absolute atomic E-state index is 14.8. The number of hydrogen-bond donors (Lipinski definition) is 0. The Morgan fingerprint density at radius 1 is 1.11 bits per heavy atom. The minimum absolute atomic E-state index is 0.130. The third-order valence-corrected chi connectivity index (χ3v) is 6.26. The lowest BCUT2D eigenvalue weighted by molar-refractivity contribution is 0.154. The van der Waals surface area contributed by atoms with Crippen molar-refractivity contribution in [3.8, 4) is 0 Å². The van der Waals surface area contributed by atoms with E-state index in [2.05, 4.69) is 47.7 Å². The maximum atomic E-state index is 14.8. The first-order valence-corrected chi connectivity index (χ1v) is 10.4. The molecule has 2 aromatic rings. The van der Waals surface area contributed by atoms with Crippen LogP contribution in [0.15, 0.2) is 78.0 Å². The second-order valence-corrected chi connectivity index (χ2v) is 8.19. The fourth-order valence-electron chi connectivity index (χ4n) is 3.38. The first-order chi connectivity index (χ1) is 13.7. The number of benzene rings is 2. The van der Waals surface area contributed by atoms with Crippen LogP contribution in [0.2, 0.25) is 0 Å². The summed E-state index contributed by atoms with van der Waals surface area (Å²) in [5.41, 5.74) is 5.39. The molecule has 2 heterocycles. The number of hydrogen-bond acceptors (Lipinski definition) is 3. The van der Waals surface area contributed by atoms with Gasteiger partial charge in [-0.1, -0.05) is 54.1 Å². The highest BCUT2D eigenvalue weighted by atomic mass is 32.2. The molecule has 0 aliphatic carbocycles. The van der Waals surface area contributed by atoms with Crippen molar-refractivity contribution in [3.05, 3.63) is 101 Å². The Morgan fingerprint density at radius 3 is 2.71 bits per heavy atom. The third-order valence-electron chi connectivity index (χ3n) is 5.06. The van der Waals surface area contributed by atoms with E-state index in [-0.39, 0.29) is 5.82 Å². The van der Waals surface area contributed by atoms with E-state index in [4.69, 9.17) is 4.74 Å². The lowest BCUT2D eigenvalue weighted by Gasteiger charge is -2.28. The Balaban J connectivity index is 1.46. The van der Waals surface area contributed by atoms with E-state index in [1.165, 1.54) is 16.0 Å². The van der Waals surface area contributed by atoms with Gasteiger partial charge in [0.25, 0.3) is 0 Å². The molecule has 0 unspecified atom stereocenters. The van der Waals surface area contributed by atoms with E-state index in [1.807, 2.05) is 24.3 Å². The van der Waals surface area contributed by atoms with Crippen molar-refractivity contribution in [2.75, 3.05) is 13.2 Å². The molecule has 2 aliphatic heterocycles. The van der Waals surface area contributed by atoms with Crippen molar-refractivity contribution in [3.63, 3.8) is 0 Å². The highest BCUT2D eigenvalue weighted by Gasteiger charge is 2.17. The van der Waals surface area contributed by atoms with Crippen molar-refractivity contribution in [2.24, 2.45) is 0 Å². The largest absolute Gasteiger partial charge is 0.377 e. The number of rotatable bonds is 5. The SMILES string of the molecule is CC1=CC=C(c2ccccc2)SN1Cc1ccc(CC2=CCOCC2)cc1F. The first-order valence-electron chi connectivity index (χ1n) is 9.61. The van der Waals surface area contributed by atoms with Gasteiger partial charge in [0, 0.05) is 16.2 Å². The van der Waals surface area contributed by atoms with E-state index in [0.29, 0.717) is 13.2 Å². The molecule has 0 saturated carbocycles. The lowest BCUT2D eigenvalue weighted by Crippen LogP contribution is -2.16. The number of halogens is 1. The van der Waals surface area contributed by atoms with Gasteiger partial charge >= 0.3 is 0 Å². The fraction of sp³-hybridized carbons (Fsp3) is 0.250. The van der Waals surface area contributed by atoms with Gasteiger partial charge in [-0.15, -0.1) is 0 Å². The number of ether oxygens (including phenoxy) is 1. The Kier molecular flexibility index (Phi) is 5.98. The molecule has 0 atom stereocenters. The topological polar surface area (TPSA) is 12.5 Å². The van der Waals surface area contributed by atoms with Crippen LogP contribution in [0, 0.1) is 5.82 Å². The van der Waals surface area contributed by atoms with Crippen LogP contribution in [0.3, 0.4) is 0 Å². The number of allylic oxidation sites excluding steroid dienone is 3.